The van der Waals surface area contributed by atoms with Crippen molar-refractivity contribution in [3.8, 4) is 17.2 Å². The molecule has 0 radical (unpaired) electrons. The number of likely N-dealkylation sites (tertiary alicyclic amines) is 1. The molecule has 20 heteroatoms. The minimum atomic E-state index is -4.78. The highest BCUT2D eigenvalue weighted by molar-refractivity contribution is 7.93. The van der Waals surface area contributed by atoms with Gasteiger partial charge >= 0.3 is 0 Å². The second-order valence-electron chi connectivity index (χ2n) is 22.0. The van der Waals surface area contributed by atoms with E-state index in [9.17, 15) is 36.9 Å². The number of nitrogens with one attached hydrogen (secondary N) is 4. The molecule has 0 unspecified atom stereocenters. The minimum Gasteiger partial charge on any atom is -0.489 e. The average molecular weight is 1040 g/mol. The standard InChI is InChI=1S/C53H64N8O10S2/c1-32(2)39-7-4-5-8-40(39)43-9-6-22-60(43)36-29-53(30-36)19-23-59(24-20-53)35-10-13-41(45(26-35)71-47-25-34-16-21-54-49(34)56-50(47)57-72(66,67)37-11-12-37)51(62)58-73(68,69)38-27-44(61(64)65)48-46(28-38)70-31-42(55-48)33-14-17-52(3,63)18-15-33/h4-5,7-8,10,13,16,21,25-28,32-33,36-37,42-43,55,63H,6,9,11-12,14-15,17-20,22-24,29-31H2,1-3H3,(H,58,62)(H2,54,56,57)/t33?,42-,43+,52?/m1/s1. The zero-order valence-corrected chi connectivity index (χ0v) is 43.1. The van der Waals surface area contributed by atoms with E-state index < -0.39 is 52.3 Å². The van der Waals surface area contributed by atoms with Gasteiger partial charge in [-0.3, -0.25) is 24.5 Å². The van der Waals surface area contributed by atoms with E-state index in [1.807, 2.05) is 0 Å². The largest absolute Gasteiger partial charge is 0.489 e. The molecule has 5 aromatic rings. The third-order valence-corrected chi connectivity index (χ3v) is 19.7. The van der Waals surface area contributed by atoms with Crippen LogP contribution in [-0.2, 0) is 20.0 Å². The first-order chi connectivity index (χ1) is 34.8. The molecule has 5 fully saturated rings. The number of nitro benzene ring substituents is 1. The molecule has 2 atom stereocenters. The third-order valence-electron chi connectivity index (χ3n) is 16.6. The molecule has 5 heterocycles. The van der Waals surface area contributed by atoms with Gasteiger partial charge in [0.15, 0.2) is 23.0 Å². The quantitative estimate of drug-likeness (QED) is 0.0515. The summed E-state index contributed by atoms with van der Waals surface area (Å²) in [5.74, 6) is -0.767. The van der Waals surface area contributed by atoms with E-state index in [1.54, 1.807) is 37.4 Å². The zero-order chi connectivity index (χ0) is 51.0. The van der Waals surface area contributed by atoms with E-state index >= 15 is 0 Å². The molecule has 3 aliphatic heterocycles. The number of nitro groups is 1. The maximum absolute atomic E-state index is 14.4. The summed E-state index contributed by atoms with van der Waals surface area (Å²) in [6.45, 7) is 9.04. The zero-order valence-electron chi connectivity index (χ0n) is 41.4. The molecular weight excluding hydrogens is 973 g/mol. The Kier molecular flexibility index (Phi) is 12.7. The van der Waals surface area contributed by atoms with Crippen molar-refractivity contribution < 1.29 is 41.1 Å². The van der Waals surface area contributed by atoms with E-state index in [4.69, 9.17) is 9.47 Å². The Hall–Kier alpha value is -5.96. The molecule has 5 N–H and O–H groups in total. The summed E-state index contributed by atoms with van der Waals surface area (Å²) < 4.78 is 72.2. The van der Waals surface area contributed by atoms with Crippen molar-refractivity contribution in [1.82, 2.24) is 19.6 Å². The second kappa shape index (κ2) is 18.8. The van der Waals surface area contributed by atoms with Gasteiger partial charge in [0, 0.05) is 60.6 Å². The van der Waals surface area contributed by atoms with Crippen molar-refractivity contribution in [1.29, 1.82) is 0 Å². The van der Waals surface area contributed by atoms with Crippen LogP contribution in [0.2, 0.25) is 0 Å². The van der Waals surface area contributed by atoms with Crippen LogP contribution < -0.4 is 29.1 Å². The van der Waals surface area contributed by atoms with Gasteiger partial charge in [0.05, 0.1) is 32.3 Å². The number of rotatable bonds is 14. The van der Waals surface area contributed by atoms with E-state index in [0.717, 1.165) is 63.1 Å². The van der Waals surface area contributed by atoms with Crippen molar-refractivity contribution in [2.45, 2.75) is 138 Å². The Bertz CT molecular complexity index is 3190. The van der Waals surface area contributed by atoms with Gasteiger partial charge in [0.1, 0.15) is 18.0 Å². The Morgan fingerprint density at radius 2 is 1.70 bits per heavy atom. The lowest BCUT2D eigenvalue weighted by molar-refractivity contribution is -0.384. The summed E-state index contributed by atoms with van der Waals surface area (Å²) in [5, 5.41) is 26.2. The number of aliphatic hydroxyl groups is 1. The topological polar surface area (TPSA) is 238 Å². The fourth-order valence-electron chi connectivity index (χ4n) is 12.2. The van der Waals surface area contributed by atoms with Crippen LogP contribution in [0.4, 0.5) is 22.9 Å². The van der Waals surface area contributed by atoms with Gasteiger partial charge in [0.2, 0.25) is 10.0 Å². The van der Waals surface area contributed by atoms with E-state index in [0.29, 0.717) is 67.6 Å². The van der Waals surface area contributed by atoms with Gasteiger partial charge in [-0.15, -0.1) is 0 Å². The fourth-order valence-corrected chi connectivity index (χ4v) is 14.6. The number of H-pyrrole nitrogens is 1. The number of anilines is 3. The second-order valence-corrected chi connectivity index (χ2v) is 25.7. The number of carbonyl (C=O) groups is 1. The normalized spacial score (nSPS) is 24.4. The summed E-state index contributed by atoms with van der Waals surface area (Å²) in [7, 11) is -8.61. The number of fused-ring (bicyclic) bond motifs is 2. The van der Waals surface area contributed by atoms with Crippen molar-refractivity contribution in [3.63, 3.8) is 0 Å². The molecule has 3 aliphatic carbocycles. The molecule has 3 saturated carbocycles. The summed E-state index contributed by atoms with van der Waals surface area (Å²) in [6.07, 6.45) is 11.8. The predicted octanol–water partition coefficient (Wildman–Crippen LogP) is 9.11. The highest BCUT2D eigenvalue weighted by Crippen LogP contribution is 2.55. The van der Waals surface area contributed by atoms with Crippen LogP contribution in [0.1, 0.15) is 131 Å². The van der Waals surface area contributed by atoms with Crippen LogP contribution in [0.15, 0.2) is 77.8 Å². The van der Waals surface area contributed by atoms with Crippen LogP contribution in [0.5, 0.6) is 17.2 Å². The first-order valence-corrected chi connectivity index (χ1v) is 28.8. The molecule has 11 rings (SSSR count). The van der Waals surface area contributed by atoms with Crippen molar-refractivity contribution >= 4 is 59.9 Å². The molecule has 0 bridgehead atoms. The number of carbonyl (C=O) groups excluding carboxylic acids is 1. The lowest BCUT2D eigenvalue weighted by Crippen LogP contribution is -2.54. The number of aromatic nitrogens is 2. The Labute approximate surface area is 425 Å². The monoisotopic (exact) mass is 1040 g/mol. The number of sulfonamides is 2. The molecule has 18 nitrogen and oxygen atoms in total. The number of piperidine rings is 1. The van der Waals surface area contributed by atoms with Gasteiger partial charge < -0.3 is 29.8 Å². The van der Waals surface area contributed by atoms with Crippen molar-refractivity contribution in [2.24, 2.45) is 11.3 Å². The van der Waals surface area contributed by atoms with Crippen LogP contribution in [0, 0.1) is 21.4 Å². The fraction of sp³-hybridized carbons (Fsp3) is 0.509. The maximum atomic E-state index is 14.4. The van der Waals surface area contributed by atoms with Gasteiger partial charge in [-0.25, -0.2) is 26.5 Å². The first-order valence-electron chi connectivity index (χ1n) is 25.8. The Morgan fingerprint density at radius 3 is 2.42 bits per heavy atom. The first kappa shape index (κ1) is 49.3. The number of ether oxygens (including phenoxy) is 2. The van der Waals surface area contributed by atoms with Gasteiger partial charge in [-0.2, -0.15) is 0 Å². The van der Waals surface area contributed by atoms with Crippen molar-refractivity contribution in [2.75, 3.05) is 41.2 Å². The number of amides is 1. The lowest BCUT2D eigenvalue weighted by atomic mass is 9.59. The summed E-state index contributed by atoms with van der Waals surface area (Å²) >= 11 is 0. The predicted molar refractivity (Wildman–Crippen MR) is 278 cm³/mol. The number of nitrogens with zero attached hydrogens (tertiary/aromatic N) is 4. The van der Waals surface area contributed by atoms with Crippen LogP contribution >= 0.6 is 0 Å². The highest BCUT2D eigenvalue weighted by atomic mass is 32.2. The third kappa shape index (κ3) is 9.82. The van der Waals surface area contributed by atoms with E-state index in [1.165, 1.54) is 30.0 Å². The average Bonchev–Trinajstić information content (AvgIpc) is 3.96. The summed E-state index contributed by atoms with van der Waals surface area (Å²) in [4.78, 5) is 38.2. The molecule has 1 spiro atoms. The van der Waals surface area contributed by atoms with Crippen molar-refractivity contribution in [3.05, 3.63) is 99.7 Å². The number of hydrogen-bond donors (Lipinski definition) is 5. The minimum absolute atomic E-state index is 0.00778. The smallest absolute Gasteiger partial charge is 0.297 e. The Balaban J connectivity index is 0.851. The Morgan fingerprint density at radius 1 is 0.945 bits per heavy atom. The van der Waals surface area contributed by atoms with Gasteiger partial charge in [-0.05, 0) is 143 Å². The van der Waals surface area contributed by atoms with Gasteiger partial charge in [-0.1, -0.05) is 38.1 Å². The molecule has 3 aromatic carbocycles. The van der Waals surface area contributed by atoms with Gasteiger partial charge in [0.25, 0.3) is 21.6 Å². The molecule has 1 amide bonds. The molecule has 6 aliphatic rings. The number of benzene rings is 3. The molecular formula is C53H64N8O10S2. The molecule has 2 aromatic heterocycles. The number of aromatic amines is 1. The maximum Gasteiger partial charge on any atom is 0.297 e. The number of hydrogen-bond acceptors (Lipinski definition) is 14. The summed E-state index contributed by atoms with van der Waals surface area (Å²) in [5.41, 5.74) is 2.79. The molecule has 73 heavy (non-hydrogen) atoms. The summed E-state index contributed by atoms with van der Waals surface area (Å²) in [6, 6.07) is 19.9. The SMILES string of the molecule is CC(C)c1ccccc1[C@@H]1CCCN1C1CC2(CCN(c3ccc(C(=O)NS(=O)(=O)c4cc5c(c([N+](=O)[O-])c4)N[C@@H](C4CCC(C)(O)CC4)CO5)c(Oc4cc5cc[nH]c5nc4NS(=O)(=O)C4CC4)c3)CC2)C1. The molecule has 2 saturated heterocycles. The van der Waals surface area contributed by atoms with Crippen LogP contribution in [0.25, 0.3) is 11.0 Å². The highest BCUT2D eigenvalue weighted by Gasteiger charge is 2.50. The number of pyridine rings is 1. The molecule has 388 valence electrons. The van der Waals surface area contributed by atoms with E-state index in [-0.39, 0.29) is 58.3 Å². The van der Waals surface area contributed by atoms with Crippen LogP contribution in [-0.4, -0.2) is 96.8 Å². The van der Waals surface area contributed by atoms with E-state index in [2.05, 4.69) is 72.6 Å². The lowest BCUT2D eigenvalue weighted by Gasteiger charge is -2.56. The van der Waals surface area contributed by atoms with Crippen LogP contribution in [0.3, 0.4) is 0 Å².